The Morgan fingerprint density at radius 3 is 1.94 bits per heavy atom. The van der Waals surface area contributed by atoms with E-state index in [1.807, 2.05) is 0 Å². The second-order valence-corrected chi connectivity index (χ2v) is 12.7. The number of sulfonamides is 1. The minimum atomic E-state index is -5.83. The van der Waals surface area contributed by atoms with Crippen LogP contribution in [0.25, 0.3) is 0 Å². The van der Waals surface area contributed by atoms with Gasteiger partial charge in [0.25, 0.3) is 0 Å². The number of halogens is 3. The maximum atomic E-state index is 13.4. The Labute approximate surface area is 209 Å². The number of rotatable bonds is 12. The lowest BCUT2D eigenvalue weighted by molar-refractivity contribution is -0.125. The lowest BCUT2D eigenvalue weighted by Gasteiger charge is -2.30. The number of sulfone groups is 1. The van der Waals surface area contributed by atoms with Crippen LogP contribution in [0.1, 0.15) is 18.1 Å². The van der Waals surface area contributed by atoms with Crippen LogP contribution in [0, 0.1) is 5.92 Å². The van der Waals surface area contributed by atoms with Crippen molar-refractivity contribution in [2.75, 3.05) is 18.6 Å². The first-order valence-corrected chi connectivity index (χ1v) is 14.4. The summed E-state index contributed by atoms with van der Waals surface area (Å²) in [5.41, 5.74) is -4.72. The van der Waals surface area contributed by atoms with Crippen LogP contribution in [-0.4, -0.2) is 68.4 Å². The number of benzene rings is 2. The van der Waals surface area contributed by atoms with Crippen molar-refractivity contribution in [3.8, 4) is 0 Å². The first-order chi connectivity index (χ1) is 16.6. The first-order valence-electron chi connectivity index (χ1n) is 10.9. The molecular weight excluding hydrogens is 521 g/mol. The Bertz CT molecular complexity index is 1210. The molecule has 0 aliphatic carbocycles. The average molecular weight is 551 g/mol. The molecule has 0 radical (unpaired) electrons. The van der Waals surface area contributed by atoms with Crippen LogP contribution in [0.5, 0.6) is 0 Å². The maximum Gasteiger partial charge on any atom is 0.511 e. The van der Waals surface area contributed by atoms with Gasteiger partial charge in [-0.15, -0.1) is 0 Å². The SMILES string of the molecule is C[C@H](CS(C)(=O)=O)C(=O)N[C@@H](Cc1ccccc1)[C@H](O)CN(Cc1ccccc1)S(=O)(=O)C(F)(F)F. The Kier molecular flexibility index (Phi) is 10.1. The average Bonchev–Trinajstić information content (AvgIpc) is 2.77. The second kappa shape index (κ2) is 12.2. The molecule has 2 rings (SSSR count). The van der Waals surface area contributed by atoms with E-state index in [0.717, 1.165) is 6.26 Å². The molecule has 2 aromatic carbocycles. The Balaban J connectivity index is 2.35. The van der Waals surface area contributed by atoms with E-state index in [0.29, 0.717) is 5.56 Å². The maximum absolute atomic E-state index is 13.4. The highest BCUT2D eigenvalue weighted by molar-refractivity contribution is 7.90. The lowest BCUT2D eigenvalue weighted by atomic mass is 10.00. The highest BCUT2D eigenvalue weighted by Crippen LogP contribution is 2.28. The van der Waals surface area contributed by atoms with Gasteiger partial charge in [0, 0.05) is 25.3 Å². The number of aliphatic hydroxyl groups is 1. The number of nitrogens with zero attached hydrogens (tertiary/aromatic N) is 1. The Morgan fingerprint density at radius 2 is 1.47 bits per heavy atom. The monoisotopic (exact) mass is 550 g/mol. The van der Waals surface area contributed by atoms with Crippen molar-refractivity contribution in [3.63, 3.8) is 0 Å². The summed E-state index contributed by atoms with van der Waals surface area (Å²) >= 11 is 0. The summed E-state index contributed by atoms with van der Waals surface area (Å²) in [4.78, 5) is 12.7. The molecule has 2 aromatic rings. The van der Waals surface area contributed by atoms with Crippen LogP contribution >= 0.6 is 0 Å². The van der Waals surface area contributed by atoms with E-state index in [-0.39, 0.29) is 16.3 Å². The Hall–Kier alpha value is -2.48. The number of hydrogen-bond donors (Lipinski definition) is 2. The zero-order chi connectivity index (χ0) is 27.1. The number of amides is 1. The summed E-state index contributed by atoms with van der Waals surface area (Å²) in [5, 5.41) is 13.4. The molecule has 0 fully saturated rings. The van der Waals surface area contributed by atoms with E-state index in [2.05, 4.69) is 5.32 Å². The third-order valence-corrected chi connectivity index (χ3v) is 7.96. The van der Waals surface area contributed by atoms with Crippen LogP contribution in [0.3, 0.4) is 0 Å². The van der Waals surface area contributed by atoms with Gasteiger partial charge in [0.05, 0.1) is 17.9 Å². The molecule has 0 aliphatic heterocycles. The fraction of sp³-hybridized carbons (Fsp3) is 0.435. The van der Waals surface area contributed by atoms with Crippen molar-refractivity contribution in [1.82, 2.24) is 9.62 Å². The van der Waals surface area contributed by atoms with E-state index >= 15 is 0 Å². The van der Waals surface area contributed by atoms with Crippen molar-refractivity contribution >= 4 is 25.8 Å². The largest absolute Gasteiger partial charge is 0.511 e. The van der Waals surface area contributed by atoms with Crippen LogP contribution in [0.15, 0.2) is 60.7 Å². The molecule has 8 nitrogen and oxygen atoms in total. The van der Waals surface area contributed by atoms with E-state index in [1.54, 1.807) is 36.4 Å². The number of carbonyl (C=O) groups is 1. The van der Waals surface area contributed by atoms with Gasteiger partial charge in [-0.1, -0.05) is 67.6 Å². The third kappa shape index (κ3) is 8.87. The molecule has 1 amide bonds. The zero-order valence-corrected chi connectivity index (χ0v) is 21.4. The fourth-order valence-electron chi connectivity index (χ4n) is 3.52. The highest BCUT2D eigenvalue weighted by Gasteiger charge is 2.50. The van der Waals surface area contributed by atoms with Gasteiger partial charge in [-0.05, 0) is 17.5 Å². The van der Waals surface area contributed by atoms with Gasteiger partial charge in [0.15, 0.2) is 0 Å². The molecule has 13 heteroatoms. The summed E-state index contributed by atoms with van der Waals surface area (Å²) in [6.45, 7) is -0.261. The summed E-state index contributed by atoms with van der Waals surface area (Å²) < 4.78 is 88.1. The van der Waals surface area contributed by atoms with E-state index in [4.69, 9.17) is 0 Å². The Morgan fingerprint density at radius 1 is 0.972 bits per heavy atom. The quantitative estimate of drug-likeness (QED) is 0.418. The summed E-state index contributed by atoms with van der Waals surface area (Å²) in [6, 6.07) is 14.8. The van der Waals surface area contributed by atoms with Gasteiger partial charge in [0.1, 0.15) is 9.84 Å². The van der Waals surface area contributed by atoms with Crippen LogP contribution in [-0.2, 0) is 37.6 Å². The molecule has 3 atom stereocenters. The number of carbonyl (C=O) groups excluding carboxylic acids is 1. The molecular formula is C23H29F3N2O6S2. The zero-order valence-electron chi connectivity index (χ0n) is 19.7. The number of nitrogens with one attached hydrogen (secondary N) is 1. The van der Waals surface area contributed by atoms with Crippen LogP contribution < -0.4 is 5.32 Å². The highest BCUT2D eigenvalue weighted by atomic mass is 32.2. The van der Waals surface area contributed by atoms with E-state index in [9.17, 15) is 39.9 Å². The minimum Gasteiger partial charge on any atom is -0.390 e. The molecule has 2 N–H and O–H groups in total. The van der Waals surface area contributed by atoms with Crippen molar-refractivity contribution in [2.24, 2.45) is 5.92 Å². The molecule has 0 bridgehead atoms. The van der Waals surface area contributed by atoms with Crippen molar-refractivity contribution in [3.05, 3.63) is 71.8 Å². The molecule has 0 spiro atoms. The standard InChI is InChI=1S/C23H29F3N2O6S2/c1-17(16-35(2,31)32)22(30)27-20(13-18-9-5-3-6-10-18)21(29)15-28(36(33,34)23(24,25)26)14-19-11-7-4-8-12-19/h3-12,17,20-21,29H,13-16H2,1-2H3,(H,27,30)/t17-,20+,21-/m1/s1. The summed E-state index contributed by atoms with van der Waals surface area (Å²) in [5.74, 6) is -2.23. The van der Waals surface area contributed by atoms with Crippen molar-refractivity contribution in [1.29, 1.82) is 0 Å². The molecule has 0 aliphatic rings. The topological polar surface area (TPSA) is 121 Å². The summed E-state index contributed by atoms with van der Waals surface area (Å²) in [7, 11) is -9.33. The van der Waals surface area contributed by atoms with Crippen molar-refractivity contribution in [2.45, 2.75) is 37.5 Å². The van der Waals surface area contributed by atoms with Gasteiger partial charge in [0.2, 0.25) is 5.91 Å². The van der Waals surface area contributed by atoms with Gasteiger partial charge in [-0.3, -0.25) is 4.79 Å². The minimum absolute atomic E-state index is 0.0371. The molecule has 200 valence electrons. The smallest absolute Gasteiger partial charge is 0.390 e. The molecule has 36 heavy (non-hydrogen) atoms. The van der Waals surface area contributed by atoms with Crippen LogP contribution in [0.2, 0.25) is 0 Å². The number of aliphatic hydroxyl groups excluding tert-OH is 1. The first kappa shape index (κ1) is 29.7. The molecule has 0 aromatic heterocycles. The summed E-state index contributed by atoms with van der Waals surface area (Å²) in [6.07, 6.45) is -0.832. The third-order valence-electron chi connectivity index (χ3n) is 5.32. The molecule has 0 saturated carbocycles. The number of hydrogen-bond acceptors (Lipinski definition) is 6. The van der Waals surface area contributed by atoms with E-state index < -0.39 is 68.2 Å². The van der Waals surface area contributed by atoms with Gasteiger partial charge in [-0.2, -0.15) is 17.5 Å². The number of alkyl halides is 3. The fourth-order valence-corrected chi connectivity index (χ4v) is 5.54. The molecule has 0 heterocycles. The second-order valence-electron chi connectivity index (χ2n) is 8.59. The molecule has 0 saturated heterocycles. The van der Waals surface area contributed by atoms with Crippen molar-refractivity contribution < 1.29 is 39.9 Å². The lowest BCUT2D eigenvalue weighted by Crippen LogP contribution is -2.53. The normalized spacial score (nSPS) is 15.3. The van der Waals surface area contributed by atoms with Gasteiger partial charge < -0.3 is 10.4 Å². The van der Waals surface area contributed by atoms with Crippen LogP contribution in [0.4, 0.5) is 13.2 Å². The molecule has 0 unspecified atom stereocenters. The predicted molar refractivity (Wildman–Crippen MR) is 129 cm³/mol. The van der Waals surface area contributed by atoms with Gasteiger partial charge in [-0.25, -0.2) is 16.8 Å². The van der Waals surface area contributed by atoms with Gasteiger partial charge >= 0.3 is 15.5 Å². The predicted octanol–water partition coefficient (Wildman–Crippen LogP) is 2.11. The van der Waals surface area contributed by atoms with E-state index in [1.165, 1.54) is 31.2 Å².